The minimum Gasteiger partial charge on any atom is -0.352 e. The van der Waals surface area contributed by atoms with E-state index in [2.05, 4.69) is 15.4 Å². The van der Waals surface area contributed by atoms with E-state index in [1.54, 1.807) is 13.8 Å². The van der Waals surface area contributed by atoms with Crippen molar-refractivity contribution < 1.29 is 13.6 Å². The fourth-order valence-electron chi connectivity index (χ4n) is 2.36. The largest absolute Gasteiger partial charge is 0.352 e. The summed E-state index contributed by atoms with van der Waals surface area (Å²) in [5.41, 5.74) is 1.17. The summed E-state index contributed by atoms with van der Waals surface area (Å²) in [6.07, 6.45) is -1.79. The van der Waals surface area contributed by atoms with Crippen molar-refractivity contribution >= 4 is 16.9 Å². The second kappa shape index (κ2) is 6.37. The number of aryl methyl sites for hydroxylation is 2. The predicted molar refractivity (Wildman–Crippen MR) is 79.9 cm³/mol. The molecule has 0 fully saturated rings. The van der Waals surface area contributed by atoms with E-state index in [-0.39, 0.29) is 24.1 Å². The average Bonchev–Trinajstić information content (AvgIpc) is 2.73. The van der Waals surface area contributed by atoms with Gasteiger partial charge in [0.05, 0.1) is 11.1 Å². The Balaban J connectivity index is 2.42. The summed E-state index contributed by atoms with van der Waals surface area (Å²) < 4.78 is 27.8. The van der Waals surface area contributed by atoms with Gasteiger partial charge in [-0.05, 0) is 33.3 Å². The van der Waals surface area contributed by atoms with E-state index in [1.807, 2.05) is 13.8 Å². The Kier molecular flexibility index (Phi) is 4.73. The number of nitrogens with one attached hydrogen (secondary N) is 1. The number of carbonyl (C=O) groups is 1. The first kappa shape index (κ1) is 16.3. The van der Waals surface area contributed by atoms with E-state index in [1.165, 1.54) is 10.7 Å². The van der Waals surface area contributed by atoms with E-state index >= 15 is 0 Å². The number of fused-ring (bicyclic) bond motifs is 1. The van der Waals surface area contributed by atoms with Crippen LogP contribution in [0.1, 0.15) is 43.6 Å². The molecule has 0 aromatic carbocycles. The van der Waals surface area contributed by atoms with Crippen LogP contribution in [-0.4, -0.2) is 26.7 Å². The molecule has 0 aliphatic rings. The molecule has 7 heteroatoms. The summed E-state index contributed by atoms with van der Waals surface area (Å²) in [6.45, 7) is 7.14. The SMILES string of the molecule is CCC(C)NC(=O)Cn1nc(C)c2c(C(F)F)cc(C)nc21. The van der Waals surface area contributed by atoms with Gasteiger partial charge in [0.15, 0.2) is 5.65 Å². The molecule has 120 valence electrons. The van der Waals surface area contributed by atoms with Gasteiger partial charge in [-0.2, -0.15) is 5.10 Å². The van der Waals surface area contributed by atoms with Gasteiger partial charge in [0.25, 0.3) is 6.43 Å². The molecule has 2 rings (SSSR count). The highest BCUT2D eigenvalue weighted by atomic mass is 19.3. The van der Waals surface area contributed by atoms with Gasteiger partial charge in [-0.25, -0.2) is 18.4 Å². The first-order valence-corrected chi connectivity index (χ1v) is 7.25. The molecular weight excluding hydrogens is 290 g/mol. The van der Waals surface area contributed by atoms with Crippen LogP contribution in [-0.2, 0) is 11.3 Å². The maximum Gasteiger partial charge on any atom is 0.264 e. The van der Waals surface area contributed by atoms with Gasteiger partial charge < -0.3 is 5.32 Å². The third-order valence-electron chi connectivity index (χ3n) is 3.58. The monoisotopic (exact) mass is 310 g/mol. The second-order valence-electron chi connectivity index (χ2n) is 5.47. The van der Waals surface area contributed by atoms with Crippen LogP contribution in [0.15, 0.2) is 6.07 Å². The lowest BCUT2D eigenvalue weighted by Gasteiger charge is -2.11. The standard InChI is InChI=1S/C15H20F2N4O/c1-5-8(2)18-12(22)7-21-15-13(10(4)20-21)11(14(16)17)6-9(3)19-15/h6,8,14H,5,7H2,1-4H3,(H,18,22). The summed E-state index contributed by atoms with van der Waals surface area (Å²) in [4.78, 5) is 16.3. The summed E-state index contributed by atoms with van der Waals surface area (Å²) in [6, 6.07) is 1.42. The van der Waals surface area contributed by atoms with E-state index in [4.69, 9.17) is 0 Å². The van der Waals surface area contributed by atoms with Gasteiger partial charge in [-0.1, -0.05) is 6.92 Å². The first-order chi connectivity index (χ1) is 10.3. The zero-order chi connectivity index (χ0) is 16.4. The van der Waals surface area contributed by atoms with Crippen molar-refractivity contribution in [3.05, 3.63) is 23.0 Å². The van der Waals surface area contributed by atoms with Crippen LogP contribution < -0.4 is 5.32 Å². The van der Waals surface area contributed by atoms with Crippen molar-refractivity contribution in [2.45, 2.75) is 53.1 Å². The molecule has 5 nitrogen and oxygen atoms in total. The lowest BCUT2D eigenvalue weighted by molar-refractivity contribution is -0.122. The molecule has 2 aromatic rings. The predicted octanol–water partition coefficient (Wildman–Crippen LogP) is 2.90. The van der Waals surface area contributed by atoms with Gasteiger partial charge in [0.2, 0.25) is 5.91 Å². The molecule has 0 saturated heterocycles. The third kappa shape index (κ3) is 3.23. The third-order valence-corrected chi connectivity index (χ3v) is 3.58. The summed E-state index contributed by atoms with van der Waals surface area (Å²) in [7, 11) is 0. The smallest absolute Gasteiger partial charge is 0.264 e. The van der Waals surface area contributed by atoms with Crippen LogP contribution in [0.3, 0.4) is 0 Å². The van der Waals surface area contributed by atoms with Crippen LogP contribution in [0.2, 0.25) is 0 Å². The van der Waals surface area contributed by atoms with Crippen LogP contribution in [0.25, 0.3) is 11.0 Å². The number of rotatable bonds is 5. The summed E-state index contributed by atoms with van der Waals surface area (Å²) >= 11 is 0. The molecule has 22 heavy (non-hydrogen) atoms. The number of pyridine rings is 1. The minimum absolute atomic E-state index is 0.0339. The van der Waals surface area contributed by atoms with E-state index in [0.717, 1.165) is 6.42 Å². The summed E-state index contributed by atoms with van der Waals surface area (Å²) in [5.74, 6) is -0.208. The number of nitrogens with zero attached hydrogens (tertiary/aromatic N) is 3. The lowest BCUT2D eigenvalue weighted by atomic mass is 10.1. The highest BCUT2D eigenvalue weighted by molar-refractivity contribution is 5.84. The normalized spacial score (nSPS) is 12.9. The molecule has 0 aliphatic carbocycles. The van der Waals surface area contributed by atoms with Crippen LogP contribution in [0, 0.1) is 13.8 Å². The molecule has 0 radical (unpaired) electrons. The van der Waals surface area contributed by atoms with Crippen molar-refractivity contribution in [1.29, 1.82) is 0 Å². The van der Waals surface area contributed by atoms with Gasteiger partial charge >= 0.3 is 0 Å². The van der Waals surface area contributed by atoms with Gasteiger partial charge in [-0.3, -0.25) is 4.79 Å². The molecular formula is C15H20F2N4O. The fourth-order valence-corrected chi connectivity index (χ4v) is 2.36. The Hall–Kier alpha value is -2.05. The van der Waals surface area contributed by atoms with Crippen LogP contribution in [0.5, 0.6) is 0 Å². The fraction of sp³-hybridized carbons (Fsp3) is 0.533. The zero-order valence-corrected chi connectivity index (χ0v) is 13.2. The molecule has 1 N–H and O–H groups in total. The number of amides is 1. The van der Waals surface area contributed by atoms with Crippen molar-refractivity contribution in [2.75, 3.05) is 0 Å². The number of aromatic nitrogens is 3. The number of halogens is 2. The second-order valence-corrected chi connectivity index (χ2v) is 5.47. The van der Waals surface area contributed by atoms with Gasteiger partial charge in [0, 0.05) is 17.3 Å². The van der Waals surface area contributed by atoms with Gasteiger partial charge in [0.1, 0.15) is 6.54 Å². The molecule has 2 aromatic heterocycles. The maximum absolute atomic E-state index is 13.2. The van der Waals surface area contributed by atoms with Crippen molar-refractivity contribution in [2.24, 2.45) is 0 Å². The van der Waals surface area contributed by atoms with Crippen molar-refractivity contribution in [1.82, 2.24) is 20.1 Å². The highest BCUT2D eigenvalue weighted by Gasteiger charge is 2.20. The number of carbonyl (C=O) groups excluding carboxylic acids is 1. The molecule has 2 heterocycles. The first-order valence-electron chi connectivity index (χ1n) is 7.25. The van der Waals surface area contributed by atoms with Crippen molar-refractivity contribution in [3.63, 3.8) is 0 Å². The Bertz CT molecular complexity index is 696. The molecule has 1 atom stereocenters. The molecule has 1 unspecified atom stereocenters. The molecule has 0 aliphatic heterocycles. The number of hydrogen-bond donors (Lipinski definition) is 1. The Labute approximate surface area is 127 Å². The Morgan fingerprint density at radius 2 is 2.09 bits per heavy atom. The topological polar surface area (TPSA) is 59.8 Å². The highest BCUT2D eigenvalue weighted by Crippen LogP contribution is 2.29. The number of hydrogen-bond acceptors (Lipinski definition) is 3. The Morgan fingerprint density at radius 1 is 1.41 bits per heavy atom. The minimum atomic E-state index is -2.60. The molecule has 1 amide bonds. The van der Waals surface area contributed by atoms with Crippen LogP contribution in [0.4, 0.5) is 8.78 Å². The van der Waals surface area contributed by atoms with E-state index in [9.17, 15) is 13.6 Å². The van der Waals surface area contributed by atoms with Crippen molar-refractivity contribution in [3.8, 4) is 0 Å². The molecule has 0 saturated carbocycles. The lowest BCUT2D eigenvalue weighted by Crippen LogP contribution is -2.34. The van der Waals surface area contributed by atoms with Crippen LogP contribution >= 0.6 is 0 Å². The molecule has 0 bridgehead atoms. The summed E-state index contributed by atoms with van der Waals surface area (Å²) in [5, 5.41) is 7.37. The van der Waals surface area contributed by atoms with Gasteiger partial charge in [-0.15, -0.1) is 0 Å². The Morgan fingerprint density at radius 3 is 2.68 bits per heavy atom. The maximum atomic E-state index is 13.2. The zero-order valence-electron chi connectivity index (χ0n) is 13.2. The van der Waals surface area contributed by atoms with E-state index < -0.39 is 6.43 Å². The van der Waals surface area contributed by atoms with E-state index in [0.29, 0.717) is 22.4 Å². The average molecular weight is 310 g/mol. The quantitative estimate of drug-likeness (QED) is 0.923. The molecule has 0 spiro atoms. The number of alkyl halides is 2.